The van der Waals surface area contributed by atoms with E-state index < -0.39 is 30.0 Å². The molecule has 0 aromatic heterocycles. The fourth-order valence-electron chi connectivity index (χ4n) is 4.42. The quantitative estimate of drug-likeness (QED) is 0.622. The molecular weight excluding hydrogens is 344 g/mol. The van der Waals surface area contributed by atoms with E-state index in [-0.39, 0.29) is 5.91 Å². The van der Waals surface area contributed by atoms with Crippen molar-refractivity contribution in [3.05, 3.63) is 78.4 Å². The van der Waals surface area contributed by atoms with Gasteiger partial charge in [0.05, 0.1) is 0 Å². The Morgan fingerprint density at radius 1 is 1.00 bits per heavy atom. The molecule has 0 aliphatic carbocycles. The first-order valence-corrected chi connectivity index (χ1v) is 8.84. The Morgan fingerprint density at radius 2 is 1.67 bits per heavy atom. The van der Waals surface area contributed by atoms with E-state index in [2.05, 4.69) is 0 Å². The number of para-hydroxylation sites is 1. The van der Waals surface area contributed by atoms with Crippen molar-refractivity contribution in [3.63, 3.8) is 0 Å². The van der Waals surface area contributed by atoms with Crippen molar-refractivity contribution in [3.8, 4) is 0 Å². The van der Waals surface area contributed by atoms with Gasteiger partial charge in [0.1, 0.15) is 5.54 Å². The number of hydrogen-bond donors (Lipinski definition) is 0. The second-order valence-electron chi connectivity index (χ2n) is 6.84. The van der Waals surface area contributed by atoms with Gasteiger partial charge in [-0.1, -0.05) is 54.6 Å². The molecule has 3 heterocycles. The summed E-state index contributed by atoms with van der Waals surface area (Å²) in [6.07, 6.45) is 1.64. The maximum absolute atomic E-state index is 13.0. The number of nitrogens with zero attached hydrogens (tertiary/aromatic N) is 2. The molecule has 27 heavy (non-hydrogen) atoms. The predicted octanol–water partition coefficient (Wildman–Crippen LogP) is 2.66. The molecule has 5 rings (SSSR count). The highest BCUT2D eigenvalue weighted by Crippen LogP contribution is 2.51. The average molecular weight is 362 g/mol. The minimum Gasteiger partial charge on any atom is -0.437 e. The molecule has 0 saturated carbocycles. The molecule has 0 radical (unpaired) electrons. The molecule has 0 unspecified atom stereocenters. The zero-order valence-corrected chi connectivity index (χ0v) is 14.7. The van der Waals surface area contributed by atoms with Gasteiger partial charge in [0.25, 0.3) is 5.91 Å². The summed E-state index contributed by atoms with van der Waals surface area (Å²) >= 11 is 0. The monoisotopic (exact) mass is 362 g/mol. The van der Waals surface area contributed by atoms with E-state index in [1.165, 1.54) is 7.11 Å². The lowest BCUT2D eigenvalue weighted by Gasteiger charge is -2.60. The van der Waals surface area contributed by atoms with Gasteiger partial charge in [0.2, 0.25) is 0 Å². The van der Waals surface area contributed by atoms with Crippen LogP contribution in [0.15, 0.2) is 72.8 Å². The van der Waals surface area contributed by atoms with Gasteiger partial charge < -0.3 is 9.47 Å². The molecule has 2 aromatic rings. The summed E-state index contributed by atoms with van der Waals surface area (Å²) in [6, 6.07) is 19.0. The second-order valence-corrected chi connectivity index (χ2v) is 6.84. The molecule has 4 atom stereocenters. The molecular formula is C21H18N2O4. The van der Waals surface area contributed by atoms with Gasteiger partial charge in [-0.15, -0.1) is 0 Å². The number of ether oxygens (including phenoxy) is 2. The fourth-order valence-corrected chi connectivity index (χ4v) is 4.42. The van der Waals surface area contributed by atoms with Crippen molar-refractivity contribution in [1.82, 2.24) is 4.90 Å². The first kappa shape index (κ1) is 16.1. The topological polar surface area (TPSA) is 59.1 Å². The van der Waals surface area contributed by atoms with Crippen molar-refractivity contribution in [2.45, 2.75) is 23.9 Å². The molecule has 3 aliphatic rings. The summed E-state index contributed by atoms with van der Waals surface area (Å²) in [5.41, 5.74) is 0.884. The molecule has 2 aromatic carbocycles. The van der Waals surface area contributed by atoms with Crippen molar-refractivity contribution in [1.29, 1.82) is 0 Å². The van der Waals surface area contributed by atoms with Crippen molar-refractivity contribution in [2.24, 2.45) is 0 Å². The number of methoxy groups -OCH3 is 1. The Balaban J connectivity index is 1.66. The van der Waals surface area contributed by atoms with Crippen LogP contribution in [0.4, 0.5) is 10.5 Å². The van der Waals surface area contributed by atoms with Crippen molar-refractivity contribution >= 4 is 17.7 Å². The van der Waals surface area contributed by atoms with E-state index in [0.29, 0.717) is 5.69 Å². The summed E-state index contributed by atoms with van der Waals surface area (Å²) in [7, 11) is 1.54. The van der Waals surface area contributed by atoms with Crippen LogP contribution in [0.5, 0.6) is 0 Å². The van der Waals surface area contributed by atoms with Crippen LogP contribution in [0.25, 0.3) is 0 Å². The summed E-state index contributed by atoms with van der Waals surface area (Å²) in [5, 5.41) is 0. The first-order valence-electron chi connectivity index (χ1n) is 8.84. The van der Waals surface area contributed by atoms with Crippen LogP contribution in [0, 0.1) is 0 Å². The Kier molecular flexibility index (Phi) is 3.39. The number of hydrogen-bond acceptors (Lipinski definition) is 4. The fraction of sp³-hybridized carbons (Fsp3) is 0.238. The zero-order chi connectivity index (χ0) is 18.6. The number of anilines is 1. The van der Waals surface area contributed by atoms with Crippen LogP contribution < -0.4 is 4.90 Å². The average Bonchev–Trinajstić information content (AvgIpc) is 3.03. The summed E-state index contributed by atoms with van der Waals surface area (Å²) < 4.78 is 11.1. The smallest absolute Gasteiger partial charge is 0.416 e. The Bertz CT molecular complexity index is 930. The van der Waals surface area contributed by atoms with E-state index >= 15 is 0 Å². The highest BCUT2D eigenvalue weighted by Gasteiger charge is 2.68. The summed E-state index contributed by atoms with van der Waals surface area (Å²) in [4.78, 5) is 28.9. The lowest BCUT2D eigenvalue weighted by atomic mass is 9.71. The van der Waals surface area contributed by atoms with Gasteiger partial charge in [-0.2, -0.15) is 0 Å². The number of carbonyl (C=O) groups is 2. The van der Waals surface area contributed by atoms with E-state index in [1.54, 1.807) is 9.80 Å². The zero-order valence-electron chi connectivity index (χ0n) is 14.7. The Labute approximate surface area is 156 Å². The third-order valence-electron chi connectivity index (χ3n) is 5.56. The third-order valence-corrected chi connectivity index (χ3v) is 5.56. The molecule has 0 bridgehead atoms. The van der Waals surface area contributed by atoms with Gasteiger partial charge in [-0.25, -0.2) is 4.79 Å². The van der Waals surface area contributed by atoms with Crippen molar-refractivity contribution < 1.29 is 19.1 Å². The number of β-lactam (4-membered cyclic amide) rings is 1. The standard InChI is InChI=1S/C21H18N2O4/c1-26-17-19(24)23-18-16(12-13-21(17,23)14-8-4-2-5-9-14)27-20(25)22(18)15-10-6-3-7-11-15/h2-13,16-18H,1H3/t16-,17+,18+,21+/m0/s1. The van der Waals surface area contributed by atoms with Crippen LogP contribution in [0.1, 0.15) is 5.56 Å². The minimum absolute atomic E-state index is 0.153. The van der Waals surface area contributed by atoms with Crippen LogP contribution in [-0.2, 0) is 19.8 Å². The second kappa shape index (κ2) is 5.69. The number of fused-ring (bicyclic) bond motifs is 3. The normalized spacial score (nSPS) is 31.2. The molecule has 2 fully saturated rings. The van der Waals surface area contributed by atoms with E-state index in [9.17, 15) is 9.59 Å². The highest BCUT2D eigenvalue weighted by atomic mass is 16.6. The van der Waals surface area contributed by atoms with Gasteiger partial charge in [0, 0.05) is 12.8 Å². The van der Waals surface area contributed by atoms with Crippen LogP contribution in [0.3, 0.4) is 0 Å². The van der Waals surface area contributed by atoms with E-state index in [1.807, 2.05) is 72.8 Å². The number of rotatable bonds is 3. The summed E-state index contributed by atoms with van der Waals surface area (Å²) in [6.45, 7) is 0. The molecule has 6 heteroatoms. The highest BCUT2D eigenvalue weighted by molar-refractivity contribution is 5.97. The first-order chi connectivity index (χ1) is 13.2. The molecule has 136 valence electrons. The largest absolute Gasteiger partial charge is 0.437 e. The molecule has 2 amide bonds. The lowest BCUT2D eigenvalue weighted by molar-refractivity contribution is -0.194. The number of carbonyl (C=O) groups excluding carboxylic acids is 2. The number of benzene rings is 2. The predicted molar refractivity (Wildman–Crippen MR) is 97.9 cm³/mol. The molecule has 2 saturated heterocycles. The minimum atomic E-state index is -0.755. The van der Waals surface area contributed by atoms with Crippen LogP contribution in [-0.4, -0.2) is 42.4 Å². The van der Waals surface area contributed by atoms with Gasteiger partial charge in [-0.05, 0) is 23.8 Å². The van der Waals surface area contributed by atoms with Crippen LogP contribution >= 0.6 is 0 Å². The third kappa shape index (κ3) is 1.99. The van der Waals surface area contributed by atoms with Gasteiger partial charge in [-0.3, -0.25) is 14.6 Å². The molecule has 3 aliphatic heterocycles. The SMILES string of the molecule is CO[C@@H]1C(=O)N2[C@@H]3[C@H](C=C[C@@]12c1ccccc1)OC(=O)N3c1ccccc1. The maximum atomic E-state index is 13.0. The molecule has 6 nitrogen and oxygen atoms in total. The van der Waals surface area contributed by atoms with Crippen LogP contribution in [0.2, 0.25) is 0 Å². The van der Waals surface area contributed by atoms with Gasteiger partial charge in [0.15, 0.2) is 18.4 Å². The number of amides is 2. The van der Waals surface area contributed by atoms with E-state index in [4.69, 9.17) is 9.47 Å². The molecule has 0 N–H and O–H groups in total. The maximum Gasteiger partial charge on any atom is 0.416 e. The molecule has 0 spiro atoms. The van der Waals surface area contributed by atoms with Crippen molar-refractivity contribution in [2.75, 3.05) is 12.0 Å². The summed E-state index contributed by atoms with van der Waals surface area (Å²) in [5.74, 6) is -0.153. The van der Waals surface area contributed by atoms with Gasteiger partial charge >= 0.3 is 6.09 Å². The lowest BCUT2D eigenvalue weighted by Crippen LogP contribution is -2.78. The Hall–Kier alpha value is -3.12. The Morgan fingerprint density at radius 3 is 2.33 bits per heavy atom. The van der Waals surface area contributed by atoms with E-state index in [0.717, 1.165) is 5.56 Å².